The summed E-state index contributed by atoms with van der Waals surface area (Å²) in [6.45, 7) is 3.81. The van der Waals surface area contributed by atoms with Crippen LogP contribution in [-0.4, -0.2) is 45.5 Å². The lowest BCUT2D eigenvalue weighted by Gasteiger charge is -2.24. The van der Waals surface area contributed by atoms with E-state index in [2.05, 4.69) is 34.0 Å². The zero-order chi connectivity index (χ0) is 24.1. The molecule has 4 rings (SSSR count). The van der Waals surface area contributed by atoms with Gasteiger partial charge in [0.15, 0.2) is 0 Å². The molecule has 0 spiro atoms. The van der Waals surface area contributed by atoms with Gasteiger partial charge in [0.1, 0.15) is 5.75 Å². The highest BCUT2D eigenvalue weighted by molar-refractivity contribution is 7.92. The highest BCUT2D eigenvalue weighted by Gasteiger charge is 2.28. The van der Waals surface area contributed by atoms with Crippen LogP contribution in [0.2, 0.25) is 0 Å². The van der Waals surface area contributed by atoms with Gasteiger partial charge in [0.25, 0.3) is 15.9 Å². The molecule has 0 bridgehead atoms. The Kier molecular flexibility index (Phi) is 7.19. The number of likely N-dealkylation sites (tertiary alicyclic amines) is 1. The maximum absolute atomic E-state index is 12.9. The maximum atomic E-state index is 12.9. The average Bonchev–Trinajstić information content (AvgIpc) is 3.33. The SMILES string of the molecule is COc1ccc(NS(=O)(=O)c2cccc(C(=O)NC3CCN(C(C)c4ccccc4)C3)c2)cc1. The van der Waals surface area contributed by atoms with Crippen molar-refractivity contribution in [1.82, 2.24) is 10.2 Å². The van der Waals surface area contributed by atoms with E-state index in [-0.39, 0.29) is 22.9 Å². The van der Waals surface area contributed by atoms with Gasteiger partial charge in [-0.05, 0) is 61.4 Å². The Hall–Kier alpha value is -3.36. The third-order valence-corrected chi connectivity index (χ3v) is 7.51. The number of carbonyl (C=O) groups is 1. The molecular formula is C26H29N3O4S. The van der Waals surface area contributed by atoms with Crippen molar-refractivity contribution in [2.75, 3.05) is 24.9 Å². The normalized spacial score (nSPS) is 17.2. The number of amides is 1. The second-order valence-electron chi connectivity index (χ2n) is 8.40. The summed E-state index contributed by atoms with van der Waals surface area (Å²) in [7, 11) is -2.30. The van der Waals surface area contributed by atoms with Crippen LogP contribution in [0.25, 0.3) is 0 Å². The van der Waals surface area contributed by atoms with Gasteiger partial charge in [0, 0.05) is 36.4 Å². The second-order valence-corrected chi connectivity index (χ2v) is 10.1. The minimum Gasteiger partial charge on any atom is -0.497 e. The van der Waals surface area contributed by atoms with Crippen LogP contribution in [-0.2, 0) is 10.0 Å². The topological polar surface area (TPSA) is 87.7 Å². The van der Waals surface area contributed by atoms with Crippen LogP contribution in [0.4, 0.5) is 5.69 Å². The molecule has 0 aliphatic carbocycles. The Morgan fingerprint density at radius 2 is 1.76 bits per heavy atom. The zero-order valence-corrected chi connectivity index (χ0v) is 20.1. The van der Waals surface area contributed by atoms with Crippen molar-refractivity contribution in [3.8, 4) is 5.75 Å². The van der Waals surface area contributed by atoms with Gasteiger partial charge in [-0.3, -0.25) is 14.4 Å². The molecule has 2 unspecified atom stereocenters. The largest absolute Gasteiger partial charge is 0.497 e. The van der Waals surface area contributed by atoms with Crippen molar-refractivity contribution in [3.05, 3.63) is 90.0 Å². The molecule has 0 aromatic heterocycles. The van der Waals surface area contributed by atoms with E-state index in [4.69, 9.17) is 4.74 Å². The first-order chi connectivity index (χ1) is 16.4. The van der Waals surface area contributed by atoms with Crippen LogP contribution >= 0.6 is 0 Å². The minimum atomic E-state index is -3.85. The van der Waals surface area contributed by atoms with Crippen LogP contribution in [0, 0.1) is 0 Å². The van der Waals surface area contributed by atoms with E-state index in [0.29, 0.717) is 17.0 Å². The molecule has 178 valence electrons. The molecule has 8 heteroatoms. The number of benzene rings is 3. The molecule has 0 saturated carbocycles. The summed E-state index contributed by atoms with van der Waals surface area (Å²) in [5, 5.41) is 3.06. The zero-order valence-electron chi connectivity index (χ0n) is 19.3. The first-order valence-corrected chi connectivity index (χ1v) is 12.7. The van der Waals surface area contributed by atoms with Crippen molar-refractivity contribution < 1.29 is 17.9 Å². The fraction of sp³-hybridized carbons (Fsp3) is 0.269. The third-order valence-electron chi connectivity index (χ3n) is 6.13. The number of ether oxygens (including phenoxy) is 1. The molecule has 2 N–H and O–H groups in total. The minimum absolute atomic E-state index is 0.0105. The predicted molar refractivity (Wildman–Crippen MR) is 133 cm³/mol. The Balaban J connectivity index is 1.39. The molecule has 3 aromatic rings. The Morgan fingerprint density at radius 3 is 2.47 bits per heavy atom. The molecule has 0 radical (unpaired) electrons. The first-order valence-electron chi connectivity index (χ1n) is 11.2. The van der Waals surface area contributed by atoms with Gasteiger partial charge in [0.05, 0.1) is 12.0 Å². The number of carbonyl (C=O) groups excluding carboxylic acids is 1. The summed E-state index contributed by atoms with van der Waals surface area (Å²) in [6.07, 6.45) is 0.847. The number of anilines is 1. The first kappa shape index (κ1) is 23.8. The number of sulfonamides is 1. The van der Waals surface area contributed by atoms with E-state index in [9.17, 15) is 13.2 Å². The lowest BCUT2D eigenvalue weighted by Crippen LogP contribution is -2.37. The van der Waals surface area contributed by atoms with Gasteiger partial charge in [-0.1, -0.05) is 36.4 Å². The summed E-state index contributed by atoms with van der Waals surface area (Å²) in [5.74, 6) is 0.353. The molecular weight excluding hydrogens is 450 g/mol. The van der Waals surface area contributed by atoms with Gasteiger partial charge in [-0.25, -0.2) is 8.42 Å². The van der Waals surface area contributed by atoms with E-state index >= 15 is 0 Å². The Morgan fingerprint density at radius 1 is 1.03 bits per heavy atom. The van der Waals surface area contributed by atoms with Crippen molar-refractivity contribution in [2.45, 2.75) is 30.3 Å². The lowest BCUT2D eigenvalue weighted by atomic mass is 10.1. The molecule has 1 heterocycles. The third kappa shape index (κ3) is 5.58. The maximum Gasteiger partial charge on any atom is 0.261 e. The van der Waals surface area contributed by atoms with Crippen LogP contribution in [0.15, 0.2) is 83.8 Å². The van der Waals surface area contributed by atoms with Gasteiger partial charge < -0.3 is 10.1 Å². The molecule has 1 fully saturated rings. The van der Waals surface area contributed by atoms with E-state index in [1.54, 1.807) is 43.5 Å². The quantitative estimate of drug-likeness (QED) is 0.509. The fourth-order valence-corrected chi connectivity index (χ4v) is 5.25. The second kappa shape index (κ2) is 10.3. The number of hydrogen-bond donors (Lipinski definition) is 2. The van der Waals surface area contributed by atoms with Crippen LogP contribution in [0.3, 0.4) is 0 Å². The van der Waals surface area contributed by atoms with Crippen LogP contribution < -0.4 is 14.8 Å². The van der Waals surface area contributed by atoms with Crippen molar-refractivity contribution in [2.24, 2.45) is 0 Å². The van der Waals surface area contributed by atoms with Crippen LogP contribution in [0.5, 0.6) is 5.75 Å². The predicted octanol–water partition coefficient (Wildman–Crippen LogP) is 4.06. The molecule has 1 amide bonds. The molecule has 1 aliphatic rings. The van der Waals surface area contributed by atoms with Crippen molar-refractivity contribution >= 4 is 21.6 Å². The van der Waals surface area contributed by atoms with Gasteiger partial charge in [-0.15, -0.1) is 0 Å². The molecule has 2 atom stereocenters. The summed E-state index contributed by atoms with van der Waals surface area (Å²) in [4.78, 5) is 15.3. The summed E-state index contributed by atoms with van der Waals surface area (Å²) in [5.41, 5.74) is 1.97. The Labute approximate surface area is 200 Å². The fourth-order valence-electron chi connectivity index (χ4n) is 4.15. The number of hydrogen-bond acceptors (Lipinski definition) is 5. The highest BCUT2D eigenvalue weighted by Crippen LogP contribution is 2.25. The average molecular weight is 480 g/mol. The number of nitrogens with zero attached hydrogens (tertiary/aromatic N) is 1. The molecule has 1 saturated heterocycles. The number of methoxy groups -OCH3 is 1. The lowest BCUT2D eigenvalue weighted by molar-refractivity contribution is 0.0936. The van der Waals surface area contributed by atoms with Gasteiger partial charge in [0.2, 0.25) is 0 Å². The highest BCUT2D eigenvalue weighted by atomic mass is 32.2. The number of nitrogens with one attached hydrogen (secondary N) is 2. The Bertz CT molecular complexity index is 1230. The van der Waals surface area contributed by atoms with Gasteiger partial charge >= 0.3 is 0 Å². The monoisotopic (exact) mass is 479 g/mol. The van der Waals surface area contributed by atoms with Crippen molar-refractivity contribution in [1.29, 1.82) is 0 Å². The van der Waals surface area contributed by atoms with Crippen molar-refractivity contribution in [3.63, 3.8) is 0 Å². The van der Waals surface area contributed by atoms with E-state index in [1.165, 1.54) is 17.7 Å². The van der Waals surface area contributed by atoms with Gasteiger partial charge in [-0.2, -0.15) is 0 Å². The molecule has 3 aromatic carbocycles. The molecule has 1 aliphatic heterocycles. The van der Waals surface area contributed by atoms with E-state index in [1.807, 2.05) is 18.2 Å². The van der Waals surface area contributed by atoms with Crippen LogP contribution in [0.1, 0.15) is 35.3 Å². The smallest absolute Gasteiger partial charge is 0.261 e. The van der Waals surface area contributed by atoms with E-state index in [0.717, 1.165) is 19.5 Å². The summed E-state index contributed by atoms with van der Waals surface area (Å²) < 4.78 is 33.3. The summed E-state index contributed by atoms with van der Waals surface area (Å²) in [6, 6.07) is 23.2. The summed E-state index contributed by atoms with van der Waals surface area (Å²) >= 11 is 0. The molecule has 34 heavy (non-hydrogen) atoms. The number of rotatable bonds is 8. The molecule has 7 nitrogen and oxygen atoms in total. The standard InChI is InChI=1S/C26H29N3O4S/c1-19(20-7-4-3-5-8-20)29-16-15-23(18-29)27-26(30)21-9-6-10-25(17-21)34(31,32)28-22-11-13-24(33-2)14-12-22/h3-14,17,19,23,28H,15-16,18H2,1-2H3,(H,27,30). The van der Waals surface area contributed by atoms with E-state index < -0.39 is 10.0 Å².